The zero-order chi connectivity index (χ0) is 18.7. The Morgan fingerprint density at radius 2 is 2.12 bits per heavy atom. The second-order valence-electron chi connectivity index (χ2n) is 7.16. The van der Waals surface area contributed by atoms with Gasteiger partial charge in [-0.15, -0.1) is 11.8 Å². The highest BCUT2D eigenvalue weighted by Gasteiger charge is 2.29. The van der Waals surface area contributed by atoms with Crippen LogP contribution in [0.1, 0.15) is 26.3 Å². The highest BCUT2D eigenvalue weighted by Crippen LogP contribution is 2.21. The number of ketones is 1. The van der Waals surface area contributed by atoms with E-state index in [-0.39, 0.29) is 5.78 Å². The molecule has 0 saturated carbocycles. The number of carbonyl (C=O) groups is 2. The van der Waals surface area contributed by atoms with E-state index in [0.29, 0.717) is 18.0 Å². The second-order valence-corrected chi connectivity index (χ2v) is 8.25. The lowest BCUT2D eigenvalue weighted by atomic mass is 10.0. The fourth-order valence-electron chi connectivity index (χ4n) is 2.81. The number of aromatic amines is 1. The van der Waals surface area contributed by atoms with E-state index in [4.69, 9.17) is 4.74 Å². The Hall–Kier alpha value is -2.28. The lowest BCUT2D eigenvalue weighted by Gasteiger charge is -2.23. The number of aliphatic imine (C=N–C) groups is 1. The Balaban J connectivity index is 1.82. The van der Waals surface area contributed by atoms with Crippen molar-refractivity contribution in [3.63, 3.8) is 0 Å². The summed E-state index contributed by atoms with van der Waals surface area (Å²) in [5.74, 6) is 0.636. The van der Waals surface area contributed by atoms with E-state index in [1.165, 1.54) is 11.8 Å². The maximum atomic E-state index is 12.9. The third-order valence-corrected chi connectivity index (χ3v) is 4.89. The molecule has 3 rings (SSSR count). The van der Waals surface area contributed by atoms with Crippen LogP contribution >= 0.6 is 11.8 Å². The second kappa shape index (κ2) is 7.53. The summed E-state index contributed by atoms with van der Waals surface area (Å²) in [6, 6.07) is 7.17. The number of Topliss-reactive ketones (excluding diaryl/α,β-unsaturated/α-hetero) is 1. The van der Waals surface area contributed by atoms with Gasteiger partial charge in [-0.25, -0.2) is 4.79 Å². The number of alkyl carbamates (subject to hydrolysis) is 1. The van der Waals surface area contributed by atoms with Gasteiger partial charge in [0.25, 0.3) is 0 Å². The quantitative estimate of drug-likeness (QED) is 0.842. The van der Waals surface area contributed by atoms with Gasteiger partial charge in [0, 0.05) is 35.8 Å². The van der Waals surface area contributed by atoms with Gasteiger partial charge in [-0.05, 0) is 32.4 Å². The molecule has 0 bridgehead atoms. The molecule has 1 aromatic carbocycles. The topological polar surface area (TPSA) is 83.5 Å². The first kappa shape index (κ1) is 18.5. The van der Waals surface area contributed by atoms with Gasteiger partial charge in [0.1, 0.15) is 16.7 Å². The Kier molecular flexibility index (Phi) is 5.36. The molecule has 1 aromatic heterocycles. The minimum atomic E-state index is -0.714. The highest BCUT2D eigenvalue weighted by atomic mass is 32.2. The number of amides is 1. The molecule has 0 fully saturated rings. The molecule has 1 amide bonds. The van der Waals surface area contributed by atoms with E-state index < -0.39 is 17.7 Å². The van der Waals surface area contributed by atoms with Crippen molar-refractivity contribution >= 4 is 39.6 Å². The van der Waals surface area contributed by atoms with Crippen molar-refractivity contribution in [2.75, 3.05) is 12.3 Å². The Labute approximate surface area is 156 Å². The van der Waals surface area contributed by atoms with E-state index in [2.05, 4.69) is 15.3 Å². The Bertz CT molecular complexity index is 851. The van der Waals surface area contributed by atoms with E-state index in [9.17, 15) is 9.59 Å². The van der Waals surface area contributed by atoms with Gasteiger partial charge in [-0.2, -0.15) is 0 Å². The monoisotopic (exact) mass is 373 g/mol. The summed E-state index contributed by atoms with van der Waals surface area (Å²) in [7, 11) is 0. The summed E-state index contributed by atoms with van der Waals surface area (Å²) in [6.07, 6.45) is 1.66. The molecule has 1 aliphatic rings. The van der Waals surface area contributed by atoms with Crippen LogP contribution in [0.3, 0.4) is 0 Å². The maximum absolute atomic E-state index is 12.9. The molecule has 0 spiro atoms. The SMILES string of the molecule is CC(C)(C)OC(=O)N[C@@H](Cc1c[nH]c2ccccc12)C(=O)C1=NCCS1. The van der Waals surface area contributed by atoms with Crippen molar-refractivity contribution in [3.05, 3.63) is 36.0 Å². The minimum absolute atomic E-state index is 0.163. The predicted molar refractivity (Wildman–Crippen MR) is 105 cm³/mol. The molecule has 1 aliphatic heterocycles. The third-order valence-electron chi connectivity index (χ3n) is 3.90. The van der Waals surface area contributed by atoms with Crippen LogP contribution < -0.4 is 5.32 Å². The molecule has 0 unspecified atom stereocenters. The fourth-order valence-corrected chi connectivity index (χ4v) is 3.66. The number of nitrogens with zero attached hydrogens (tertiary/aromatic N) is 1. The number of rotatable bonds is 5. The van der Waals surface area contributed by atoms with Crippen LogP contribution in [0.2, 0.25) is 0 Å². The molecular formula is C19H23N3O3S. The summed E-state index contributed by atoms with van der Waals surface area (Å²) >= 11 is 1.44. The predicted octanol–water partition coefficient (Wildman–Crippen LogP) is 3.32. The maximum Gasteiger partial charge on any atom is 0.408 e. The van der Waals surface area contributed by atoms with Gasteiger partial charge in [-0.3, -0.25) is 9.79 Å². The summed E-state index contributed by atoms with van der Waals surface area (Å²) < 4.78 is 5.33. The van der Waals surface area contributed by atoms with Crippen molar-refractivity contribution < 1.29 is 14.3 Å². The van der Waals surface area contributed by atoms with Gasteiger partial charge in [0.15, 0.2) is 0 Å². The van der Waals surface area contributed by atoms with E-state index in [1.807, 2.05) is 30.5 Å². The van der Waals surface area contributed by atoms with Gasteiger partial charge in [0.05, 0.1) is 0 Å². The molecule has 2 N–H and O–H groups in total. The number of hydrogen-bond acceptors (Lipinski definition) is 5. The lowest BCUT2D eigenvalue weighted by molar-refractivity contribution is -0.114. The van der Waals surface area contributed by atoms with Crippen LogP contribution in [0.25, 0.3) is 10.9 Å². The van der Waals surface area contributed by atoms with Crippen LogP contribution in [-0.2, 0) is 16.0 Å². The van der Waals surface area contributed by atoms with Crippen LogP contribution in [-0.4, -0.2) is 45.8 Å². The molecule has 6 nitrogen and oxygen atoms in total. The van der Waals surface area contributed by atoms with Crippen LogP contribution in [0.15, 0.2) is 35.5 Å². The minimum Gasteiger partial charge on any atom is -0.444 e. The number of fused-ring (bicyclic) bond motifs is 1. The number of carbonyl (C=O) groups excluding carboxylic acids is 2. The molecule has 2 aromatic rings. The molecule has 7 heteroatoms. The lowest BCUT2D eigenvalue weighted by Crippen LogP contribution is -2.46. The summed E-state index contributed by atoms with van der Waals surface area (Å²) in [4.78, 5) is 32.6. The van der Waals surface area contributed by atoms with Crippen LogP contribution in [0, 0.1) is 0 Å². The Morgan fingerprint density at radius 3 is 2.81 bits per heavy atom. The molecule has 0 aliphatic carbocycles. The average molecular weight is 373 g/mol. The van der Waals surface area contributed by atoms with Crippen molar-refractivity contribution in [1.82, 2.24) is 10.3 Å². The number of nitrogens with one attached hydrogen (secondary N) is 2. The first-order chi connectivity index (χ1) is 12.3. The molecule has 138 valence electrons. The van der Waals surface area contributed by atoms with Crippen molar-refractivity contribution in [3.8, 4) is 0 Å². The zero-order valence-corrected chi connectivity index (χ0v) is 16.0. The van der Waals surface area contributed by atoms with Gasteiger partial charge < -0.3 is 15.0 Å². The fraction of sp³-hybridized carbons (Fsp3) is 0.421. The number of hydrogen-bond donors (Lipinski definition) is 2. The van der Waals surface area contributed by atoms with Crippen molar-refractivity contribution in [2.24, 2.45) is 4.99 Å². The Morgan fingerprint density at radius 1 is 1.35 bits per heavy atom. The smallest absolute Gasteiger partial charge is 0.408 e. The van der Waals surface area contributed by atoms with Crippen molar-refractivity contribution in [1.29, 1.82) is 0 Å². The molecule has 0 radical (unpaired) electrons. The molecule has 0 saturated heterocycles. The molecule has 26 heavy (non-hydrogen) atoms. The number of benzene rings is 1. The van der Waals surface area contributed by atoms with Crippen LogP contribution in [0.4, 0.5) is 4.79 Å². The van der Waals surface area contributed by atoms with Crippen molar-refractivity contribution in [2.45, 2.75) is 38.8 Å². The van der Waals surface area contributed by atoms with E-state index in [1.54, 1.807) is 20.8 Å². The summed E-state index contributed by atoms with van der Waals surface area (Å²) in [5, 5.41) is 4.25. The van der Waals surface area contributed by atoms with E-state index in [0.717, 1.165) is 22.2 Å². The molecule has 2 heterocycles. The van der Waals surface area contributed by atoms with Gasteiger partial charge in [0.2, 0.25) is 5.78 Å². The summed E-state index contributed by atoms with van der Waals surface area (Å²) in [5.41, 5.74) is 1.34. The number of ether oxygens (including phenoxy) is 1. The van der Waals surface area contributed by atoms with E-state index >= 15 is 0 Å². The number of aromatic nitrogens is 1. The van der Waals surface area contributed by atoms with Crippen LogP contribution in [0.5, 0.6) is 0 Å². The molecule has 1 atom stereocenters. The zero-order valence-electron chi connectivity index (χ0n) is 15.2. The number of H-pyrrole nitrogens is 1. The largest absolute Gasteiger partial charge is 0.444 e. The third kappa shape index (κ3) is 4.46. The van der Waals surface area contributed by atoms with Gasteiger partial charge in [-0.1, -0.05) is 18.2 Å². The summed E-state index contributed by atoms with van der Waals surface area (Å²) in [6.45, 7) is 6.01. The van der Waals surface area contributed by atoms with Gasteiger partial charge >= 0.3 is 6.09 Å². The number of thioether (sulfide) groups is 1. The average Bonchev–Trinajstić information content (AvgIpc) is 3.22. The number of para-hydroxylation sites is 1. The standard InChI is InChI=1S/C19H23N3O3S/c1-19(2,3)25-18(24)22-15(16(23)17-20-8-9-26-17)10-12-11-21-14-7-5-4-6-13(12)14/h4-7,11,15,21H,8-10H2,1-3H3,(H,22,24)/t15-/m0/s1. The normalized spacial score (nSPS) is 15.6. The highest BCUT2D eigenvalue weighted by molar-refractivity contribution is 8.16. The first-order valence-corrected chi connectivity index (χ1v) is 9.58. The molecular weight excluding hydrogens is 350 g/mol. The first-order valence-electron chi connectivity index (χ1n) is 8.59.